The molecule has 4 rings (SSSR count). The third kappa shape index (κ3) is 5.14. The summed E-state index contributed by atoms with van der Waals surface area (Å²) in [5.41, 5.74) is 1.83. The molecule has 2 saturated heterocycles. The number of hydrogen-bond acceptors (Lipinski definition) is 4. The van der Waals surface area contributed by atoms with Crippen molar-refractivity contribution < 1.29 is 22.3 Å². The number of nitrogens with zero attached hydrogens (tertiary/aromatic N) is 2. The lowest BCUT2D eigenvalue weighted by Crippen LogP contribution is -2.40. The summed E-state index contributed by atoms with van der Waals surface area (Å²) in [6, 6.07) is 12.9. The fourth-order valence-electron chi connectivity index (χ4n) is 4.20. The lowest BCUT2D eigenvalue weighted by Gasteiger charge is -2.31. The minimum absolute atomic E-state index is 0.00599. The molecule has 0 unspecified atom stereocenters. The molecule has 0 aliphatic carbocycles. The van der Waals surface area contributed by atoms with Gasteiger partial charge in [-0.3, -0.25) is 4.79 Å². The molecule has 2 fully saturated rings. The molecule has 6 nitrogen and oxygen atoms in total. The number of ether oxygens (including phenoxy) is 1. The highest BCUT2D eigenvalue weighted by atomic mass is 32.2. The number of piperidine rings is 1. The van der Waals surface area contributed by atoms with Crippen LogP contribution in [-0.4, -0.2) is 62.9 Å². The first kappa shape index (κ1) is 21.9. The Kier molecular flexibility index (Phi) is 6.69. The van der Waals surface area contributed by atoms with Crippen molar-refractivity contribution in [2.24, 2.45) is 5.92 Å². The van der Waals surface area contributed by atoms with Crippen LogP contribution in [0, 0.1) is 11.7 Å². The van der Waals surface area contributed by atoms with Crippen LogP contribution >= 0.6 is 0 Å². The summed E-state index contributed by atoms with van der Waals surface area (Å²) < 4.78 is 45.7. The Labute approximate surface area is 182 Å². The van der Waals surface area contributed by atoms with Gasteiger partial charge in [0.1, 0.15) is 5.82 Å². The summed E-state index contributed by atoms with van der Waals surface area (Å²) in [4.78, 5) is 14.4. The van der Waals surface area contributed by atoms with Gasteiger partial charge in [-0.1, -0.05) is 18.2 Å². The van der Waals surface area contributed by atoms with Gasteiger partial charge in [0, 0.05) is 31.7 Å². The second kappa shape index (κ2) is 9.46. The van der Waals surface area contributed by atoms with Crippen LogP contribution in [0.15, 0.2) is 53.4 Å². The van der Waals surface area contributed by atoms with E-state index in [4.69, 9.17) is 4.74 Å². The second-order valence-corrected chi connectivity index (χ2v) is 10.0. The Hall–Kier alpha value is -2.29. The summed E-state index contributed by atoms with van der Waals surface area (Å²) in [6.45, 7) is 3.26. The summed E-state index contributed by atoms with van der Waals surface area (Å²) in [6.07, 6.45) is 2.35. The van der Waals surface area contributed by atoms with Crippen LogP contribution in [0.4, 0.5) is 4.39 Å². The van der Waals surface area contributed by atoms with Crippen molar-refractivity contribution in [2.75, 3.05) is 39.4 Å². The number of carbonyl (C=O) groups excluding carboxylic acids is 1. The highest BCUT2D eigenvalue weighted by molar-refractivity contribution is 7.89. The Morgan fingerprint density at radius 2 is 1.68 bits per heavy atom. The van der Waals surface area contributed by atoms with Gasteiger partial charge in [0.05, 0.1) is 18.1 Å². The molecule has 0 N–H and O–H groups in total. The van der Waals surface area contributed by atoms with Gasteiger partial charge in [0.25, 0.3) is 5.91 Å². The number of amides is 1. The Bertz CT molecular complexity index is 1010. The Balaban J connectivity index is 1.32. The first-order chi connectivity index (χ1) is 14.9. The van der Waals surface area contributed by atoms with Gasteiger partial charge in [-0.25, -0.2) is 12.8 Å². The van der Waals surface area contributed by atoms with E-state index in [0.717, 1.165) is 30.9 Å². The third-order valence-electron chi connectivity index (χ3n) is 6.03. The van der Waals surface area contributed by atoms with Crippen molar-refractivity contribution in [3.8, 4) is 0 Å². The molecular formula is C23H27FN2O4S. The summed E-state index contributed by atoms with van der Waals surface area (Å²) in [5.74, 6) is -0.142. The normalized spacial score (nSPS) is 18.8. The minimum atomic E-state index is -3.66. The van der Waals surface area contributed by atoms with Crippen molar-refractivity contribution in [1.82, 2.24) is 9.21 Å². The number of morpholine rings is 1. The maximum absolute atomic E-state index is 13.4. The van der Waals surface area contributed by atoms with Crippen LogP contribution in [0.2, 0.25) is 0 Å². The lowest BCUT2D eigenvalue weighted by molar-refractivity contribution is 0.0303. The fourth-order valence-corrected chi connectivity index (χ4v) is 5.70. The van der Waals surface area contributed by atoms with E-state index in [0.29, 0.717) is 50.9 Å². The van der Waals surface area contributed by atoms with Crippen molar-refractivity contribution in [2.45, 2.75) is 24.2 Å². The van der Waals surface area contributed by atoms with E-state index in [2.05, 4.69) is 0 Å². The summed E-state index contributed by atoms with van der Waals surface area (Å²) >= 11 is 0. The van der Waals surface area contributed by atoms with Crippen LogP contribution in [-0.2, 0) is 21.2 Å². The molecule has 0 radical (unpaired) electrons. The monoisotopic (exact) mass is 446 g/mol. The molecule has 166 valence electrons. The molecule has 2 aromatic rings. The lowest BCUT2D eigenvalue weighted by atomic mass is 9.90. The molecular weight excluding hydrogens is 419 g/mol. The molecule has 0 bridgehead atoms. The van der Waals surface area contributed by atoms with E-state index >= 15 is 0 Å². The van der Waals surface area contributed by atoms with Crippen molar-refractivity contribution in [1.29, 1.82) is 0 Å². The van der Waals surface area contributed by atoms with E-state index in [-0.39, 0.29) is 10.8 Å². The summed E-state index contributed by atoms with van der Waals surface area (Å²) in [7, 11) is -3.66. The third-order valence-corrected chi connectivity index (χ3v) is 7.93. The van der Waals surface area contributed by atoms with Crippen molar-refractivity contribution in [3.05, 3.63) is 65.5 Å². The average molecular weight is 447 g/mol. The van der Waals surface area contributed by atoms with Crippen LogP contribution in [0.25, 0.3) is 0 Å². The molecule has 2 aliphatic rings. The Morgan fingerprint density at radius 3 is 2.32 bits per heavy atom. The first-order valence-electron chi connectivity index (χ1n) is 10.7. The van der Waals surface area contributed by atoms with Gasteiger partial charge in [-0.2, -0.15) is 4.31 Å². The number of halogens is 1. The number of rotatable bonds is 5. The molecule has 8 heteroatoms. The molecule has 0 atom stereocenters. The predicted octanol–water partition coefficient (Wildman–Crippen LogP) is 2.94. The average Bonchev–Trinajstić information content (AvgIpc) is 2.80. The van der Waals surface area contributed by atoms with Gasteiger partial charge in [-0.05, 0) is 61.1 Å². The zero-order valence-corrected chi connectivity index (χ0v) is 18.2. The van der Waals surface area contributed by atoms with Gasteiger partial charge >= 0.3 is 0 Å². The number of sulfonamides is 1. The Morgan fingerprint density at radius 1 is 1.00 bits per heavy atom. The topological polar surface area (TPSA) is 66.9 Å². The zero-order valence-electron chi connectivity index (χ0n) is 17.4. The van der Waals surface area contributed by atoms with Gasteiger partial charge in [0.15, 0.2) is 0 Å². The number of carbonyl (C=O) groups is 1. The number of hydrogen-bond donors (Lipinski definition) is 0. The maximum atomic E-state index is 13.4. The molecule has 2 aliphatic heterocycles. The number of benzene rings is 2. The minimum Gasteiger partial charge on any atom is -0.378 e. The molecule has 31 heavy (non-hydrogen) atoms. The molecule has 0 saturated carbocycles. The first-order valence-corrected chi connectivity index (χ1v) is 12.1. The zero-order chi connectivity index (χ0) is 21.8. The van der Waals surface area contributed by atoms with E-state index in [9.17, 15) is 17.6 Å². The SMILES string of the molecule is O=C(c1ccc(CC2CCN(S(=O)(=O)c3cccc(F)c3)CC2)cc1)N1CCOCC1. The van der Waals surface area contributed by atoms with E-state index in [1.807, 2.05) is 29.2 Å². The van der Waals surface area contributed by atoms with Crippen molar-refractivity contribution >= 4 is 15.9 Å². The van der Waals surface area contributed by atoms with Crippen LogP contribution in [0.3, 0.4) is 0 Å². The highest BCUT2D eigenvalue weighted by Crippen LogP contribution is 2.26. The molecule has 0 spiro atoms. The quantitative estimate of drug-likeness (QED) is 0.708. The molecule has 1 amide bonds. The van der Waals surface area contributed by atoms with Crippen LogP contribution < -0.4 is 0 Å². The largest absolute Gasteiger partial charge is 0.378 e. The smallest absolute Gasteiger partial charge is 0.254 e. The van der Waals surface area contributed by atoms with Crippen molar-refractivity contribution in [3.63, 3.8) is 0 Å². The summed E-state index contributed by atoms with van der Waals surface area (Å²) in [5, 5.41) is 0. The standard InChI is InChI=1S/C23H27FN2O4S/c24-21-2-1-3-22(17-21)31(28,29)26-10-8-19(9-11-26)16-18-4-6-20(7-5-18)23(27)25-12-14-30-15-13-25/h1-7,17,19H,8-16H2. The van der Waals surface area contributed by atoms with Crippen LogP contribution in [0.1, 0.15) is 28.8 Å². The van der Waals surface area contributed by atoms with E-state index in [1.165, 1.54) is 22.5 Å². The second-order valence-electron chi connectivity index (χ2n) is 8.11. The van der Waals surface area contributed by atoms with Gasteiger partial charge < -0.3 is 9.64 Å². The van der Waals surface area contributed by atoms with E-state index in [1.54, 1.807) is 0 Å². The predicted molar refractivity (Wildman–Crippen MR) is 115 cm³/mol. The van der Waals surface area contributed by atoms with Crippen LogP contribution in [0.5, 0.6) is 0 Å². The molecule has 2 aromatic carbocycles. The maximum Gasteiger partial charge on any atom is 0.254 e. The van der Waals surface area contributed by atoms with Gasteiger partial charge in [-0.15, -0.1) is 0 Å². The molecule has 2 heterocycles. The fraction of sp³-hybridized carbons (Fsp3) is 0.435. The van der Waals surface area contributed by atoms with E-state index < -0.39 is 15.8 Å². The van der Waals surface area contributed by atoms with Gasteiger partial charge in [0.2, 0.25) is 10.0 Å². The molecule has 0 aromatic heterocycles. The highest BCUT2D eigenvalue weighted by Gasteiger charge is 2.29.